The molecule has 0 heterocycles. The van der Waals surface area contributed by atoms with E-state index in [1.54, 1.807) is 26.8 Å². The van der Waals surface area contributed by atoms with Crippen LogP contribution in [0.3, 0.4) is 0 Å². The normalized spacial score (nSPS) is 12.7. The van der Waals surface area contributed by atoms with Crippen molar-refractivity contribution in [3.8, 4) is 0 Å². The summed E-state index contributed by atoms with van der Waals surface area (Å²) in [5.74, 6) is 0. The first-order valence-corrected chi connectivity index (χ1v) is 6.73. The Balaban J connectivity index is 2.87. The van der Waals surface area contributed by atoms with Gasteiger partial charge in [0.2, 0.25) is 0 Å². The van der Waals surface area contributed by atoms with E-state index in [9.17, 15) is 9.59 Å². The molecule has 4 nitrogen and oxygen atoms in total. The van der Waals surface area contributed by atoms with Gasteiger partial charge in [-0.25, -0.2) is 4.79 Å². The van der Waals surface area contributed by atoms with E-state index in [2.05, 4.69) is 21.2 Å². The Labute approximate surface area is 121 Å². The van der Waals surface area contributed by atoms with Crippen LogP contribution in [0.5, 0.6) is 0 Å². The van der Waals surface area contributed by atoms with Crippen molar-refractivity contribution >= 4 is 28.3 Å². The van der Waals surface area contributed by atoms with E-state index in [0.29, 0.717) is 6.29 Å². The van der Waals surface area contributed by atoms with E-state index in [1.807, 2.05) is 19.1 Å². The molecule has 5 heteroatoms. The van der Waals surface area contributed by atoms with Gasteiger partial charge in [0.25, 0.3) is 0 Å². The van der Waals surface area contributed by atoms with Crippen LogP contribution in [-0.4, -0.2) is 18.0 Å². The molecule has 0 aliphatic heterocycles. The van der Waals surface area contributed by atoms with Gasteiger partial charge >= 0.3 is 6.09 Å². The van der Waals surface area contributed by atoms with Crippen molar-refractivity contribution < 1.29 is 14.3 Å². The molecule has 0 spiro atoms. The van der Waals surface area contributed by atoms with E-state index in [-0.39, 0.29) is 0 Å². The van der Waals surface area contributed by atoms with Gasteiger partial charge in [0.1, 0.15) is 17.9 Å². The van der Waals surface area contributed by atoms with Gasteiger partial charge in [0.05, 0.1) is 0 Å². The maximum absolute atomic E-state index is 11.7. The highest BCUT2D eigenvalue weighted by Crippen LogP contribution is 2.24. The highest BCUT2D eigenvalue weighted by molar-refractivity contribution is 9.10. The van der Waals surface area contributed by atoms with Crippen LogP contribution in [-0.2, 0) is 9.53 Å². The monoisotopic (exact) mass is 327 g/mol. The van der Waals surface area contributed by atoms with Crippen LogP contribution in [0.4, 0.5) is 4.79 Å². The van der Waals surface area contributed by atoms with Gasteiger partial charge in [0.15, 0.2) is 0 Å². The maximum Gasteiger partial charge on any atom is 0.408 e. The minimum atomic E-state index is -0.715. The van der Waals surface area contributed by atoms with E-state index >= 15 is 0 Å². The second kappa shape index (κ2) is 6.19. The van der Waals surface area contributed by atoms with Crippen LogP contribution in [0.15, 0.2) is 22.7 Å². The Morgan fingerprint density at radius 3 is 2.58 bits per heavy atom. The van der Waals surface area contributed by atoms with E-state index in [0.717, 1.165) is 15.6 Å². The lowest BCUT2D eigenvalue weighted by molar-refractivity contribution is -0.109. The number of hydrogen-bond acceptors (Lipinski definition) is 3. The van der Waals surface area contributed by atoms with Gasteiger partial charge < -0.3 is 14.8 Å². The standard InChI is InChI=1S/C14H18BrNO3/c1-9-10(6-5-7-11(9)15)12(8-17)16-13(18)19-14(2,3)4/h5-8,12H,1-4H3,(H,16,18). The lowest BCUT2D eigenvalue weighted by atomic mass is 10.0. The predicted octanol–water partition coefficient (Wildman–Crippen LogP) is 3.52. The van der Waals surface area contributed by atoms with Gasteiger partial charge in [-0.05, 0) is 44.9 Å². The molecule has 0 aliphatic rings. The number of rotatable bonds is 3. The second-order valence-electron chi connectivity index (χ2n) is 5.21. The quantitative estimate of drug-likeness (QED) is 0.864. The van der Waals surface area contributed by atoms with Crippen molar-refractivity contribution in [1.29, 1.82) is 0 Å². The van der Waals surface area contributed by atoms with Crippen molar-refractivity contribution in [2.75, 3.05) is 0 Å². The molecule has 1 unspecified atom stereocenters. The zero-order valence-corrected chi connectivity index (χ0v) is 13.1. The average molecular weight is 328 g/mol. The molecule has 0 fully saturated rings. The number of carbonyl (C=O) groups excluding carboxylic acids is 2. The number of carbonyl (C=O) groups is 2. The molecule has 0 aromatic heterocycles. The van der Waals surface area contributed by atoms with E-state index in [4.69, 9.17) is 4.74 Å². The Kier molecular flexibility index (Phi) is 5.11. The summed E-state index contributed by atoms with van der Waals surface area (Å²) in [6.07, 6.45) is 0.0857. The molecule has 104 valence electrons. The highest BCUT2D eigenvalue weighted by atomic mass is 79.9. The molecule has 1 amide bonds. The predicted molar refractivity (Wildman–Crippen MR) is 77.1 cm³/mol. The summed E-state index contributed by atoms with van der Waals surface area (Å²) >= 11 is 3.40. The molecule has 1 atom stereocenters. The van der Waals surface area contributed by atoms with Gasteiger partial charge in [-0.1, -0.05) is 28.1 Å². The number of benzene rings is 1. The molecule has 0 saturated carbocycles. The third kappa shape index (κ3) is 4.67. The minimum absolute atomic E-state index is 0.593. The molecular weight excluding hydrogens is 310 g/mol. The Hall–Kier alpha value is -1.36. The van der Waals surface area contributed by atoms with Crippen LogP contribution in [0.2, 0.25) is 0 Å². The number of ether oxygens (including phenoxy) is 1. The molecule has 1 aromatic rings. The fourth-order valence-corrected chi connectivity index (χ4v) is 1.96. The van der Waals surface area contributed by atoms with Crippen molar-refractivity contribution in [1.82, 2.24) is 5.32 Å². The van der Waals surface area contributed by atoms with Crippen LogP contribution >= 0.6 is 15.9 Å². The van der Waals surface area contributed by atoms with Gasteiger partial charge in [-0.15, -0.1) is 0 Å². The number of aldehydes is 1. The molecule has 19 heavy (non-hydrogen) atoms. The summed E-state index contributed by atoms with van der Waals surface area (Å²) in [6.45, 7) is 7.19. The first kappa shape index (κ1) is 15.7. The molecule has 0 saturated heterocycles. The summed E-state index contributed by atoms with van der Waals surface area (Å²) in [6, 6.07) is 4.79. The highest BCUT2D eigenvalue weighted by Gasteiger charge is 2.21. The Bertz CT molecular complexity index is 480. The van der Waals surface area contributed by atoms with Crippen LogP contribution < -0.4 is 5.32 Å². The zero-order valence-electron chi connectivity index (χ0n) is 11.5. The maximum atomic E-state index is 11.7. The molecule has 1 N–H and O–H groups in total. The second-order valence-corrected chi connectivity index (χ2v) is 6.07. The largest absolute Gasteiger partial charge is 0.444 e. The average Bonchev–Trinajstić information content (AvgIpc) is 2.27. The fraction of sp³-hybridized carbons (Fsp3) is 0.429. The van der Waals surface area contributed by atoms with Crippen LogP contribution in [0.1, 0.15) is 37.9 Å². The number of amides is 1. The molecular formula is C14H18BrNO3. The van der Waals surface area contributed by atoms with E-state index < -0.39 is 17.7 Å². The molecule has 1 aromatic carbocycles. The SMILES string of the molecule is Cc1c(Br)cccc1C(C=O)NC(=O)OC(C)(C)C. The number of halogens is 1. The number of nitrogens with one attached hydrogen (secondary N) is 1. The van der Waals surface area contributed by atoms with Gasteiger partial charge in [0, 0.05) is 4.47 Å². The lowest BCUT2D eigenvalue weighted by Crippen LogP contribution is -2.35. The van der Waals surface area contributed by atoms with Crippen molar-refractivity contribution in [3.05, 3.63) is 33.8 Å². The van der Waals surface area contributed by atoms with Gasteiger partial charge in [-0.2, -0.15) is 0 Å². The molecule has 0 radical (unpaired) electrons. The first-order chi connectivity index (χ1) is 8.74. The summed E-state index contributed by atoms with van der Waals surface area (Å²) in [4.78, 5) is 22.9. The summed E-state index contributed by atoms with van der Waals surface area (Å²) in [7, 11) is 0. The summed E-state index contributed by atoms with van der Waals surface area (Å²) < 4.78 is 6.03. The summed E-state index contributed by atoms with van der Waals surface area (Å²) in [5, 5.41) is 2.56. The molecule has 0 aliphatic carbocycles. The smallest absolute Gasteiger partial charge is 0.408 e. The van der Waals surface area contributed by atoms with E-state index in [1.165, 1.54) is 0 Å². The van der Waals surface area contributed by atoms with Crippen molar-refractivity contribution in [2.24, 2.45) is 0 Å². The summed E-state index contributed by atoms with van der Waals surface area (Å²) in [5.41, 5.74) is 1.06. The van der Waals surface area contributed by atoms with Gasteiger partial charge in [-0.3, -0.25) is 0 Å². The Morgan fingerprint density at radius 2 is 2.05 bits per heavy atom. The fourth-order valence-electron chi connectivity index (χ4n) is 1.58. The third-order valence-electron chi connectivity index (χ3n) is 2.45. The number of alkyl carbamates (subject to hydrolysis) is 1. The Morgan fingerprint density at radius 1 is 1.42 bits per heavy atom. The first-order valence-electron chi connectivity index (χ1n) is 5.94. The van der Waals surface area contributed by atoms with Crippen LogP contribution in [0, 0.1) is 6.92 Å². The van der Waals surface area contributed by atoms with Crippen molar-refractivity contribution in [2.45, 2.75) is 39.3 Å². The zero-order chi connectivity index (χ0) is 14.6. The molecule has 1 rings (SSSR count). The molecule has 0 bridgehead atoms. The third-order valence-corrected chi connectivity index (χ3v) is 3.31. The lowest BCUT2D eigenvalue weighted by Gasteiger charge is -2.22. The van der Waals surface area contributed by atoms with Crippen LogP contribution in [0.25, 0.3) is 0 Å². The minimum Gasteiger partial charge on any atom is -0.444 e. The topological polar surface area (TPSA) is 55.4 Å². The van der Waals surface area contributed by atoms with Crippen molar-refractivity contribution in [3.63, 3.8) is 0 Å². The number of hydrogen-bond donors (Lipinski definition) is 1.